The highest BCUT2D eigenvalue weighted by Gasteiger charge is 2.05. The Morgan fingerprint density at radius 3 is 2.55 bits per heavy atom. The Labute approximate surface area is 140 Å². The summed E-state index contributed by atoms with van der Waals surface area (Å²) in [6.07, 6.45) is 0.976. The molecule has 2 aromatic carbocycles. The summed E-state index contributed by atoms with van der Waals surface area (Å²) in [4.78, 5) is 11.3. The quantitative estimate of drug-likeness (QED) is 0.595. The van der Waals surface area contributed by atoms with Crippen molar-refractivity contribution in [1.82, 2.24) is 5.32 Å². The topological polar surface area (TPSA) is 41.1 Å². The van der Waals surface area contributed by atoms with Crippen LogP contribution in [-0.2, 0) is 17.8 Å². The minimum absolute atomic E-state index is 0.0874. The predicted molar refractivity (Wildman–Crippen MR) is 92.7 cm³/mol. The van der Waals surface area contributed by atoms with E-state index in [1.165, 1.54) is 5.56 Å². The van der Waals surface area contributed by atoms with Crippen LogP contribution in [0.15, 0.2) is 48.5 Å². The average molecular weight is 337 g/mol. The van der Waals surface area contributed by atoms with Crippen LogP contribution >= 0.6 is 23.2 Å². The molecule has 0 aliphatic carbocycles. The molecule has 0 fully saturated rings. The van der Waals surface area contributed by atoms with E-state index in [4.69, 9.17) is 23.2 Å². The summed E-state index contributed by atoms with van der Waals surface area (Å²) >= 11 is 11.5. The zero-order valence-corrected chi connectivity index (χ0v) is 13.6. The van der Waals surface area contributed by atoms with Gasteiger partial charge in [-0.2, -0.15) is 0 Å². The lowest BCUT2D eigenvalue weighted by atomic mass is 10.1. The second-order valence-corrected chi connectivity index (χ2v) is 5.58. The lowest BCUT2D eigenvalue weighted by Crippen LogP contribution is -2.17. The van der Waals surface area contributed by atoms with Gasteiger partial charge in [-0.15, -0.1) is 11.6 Å². The van der Waals surface area contributed by atoms with Crippen molar-refractivity contribution in [3.63, 3.8) is 0 Å². The fourth-order valence-corrected chi connectivity index (χ4v) is 2.30. The molecule has 2 aromatic rings. The molecule has 0 saturated carbocycles. The van der Waals surface area contributed by atoms with Gasteiger partial charge in [-0.25, -0.2) is 0 Å². The Kier molecular flexibility index (Phi) is 6.72. The van der Waals surface area contributed by atoms with Crippen molar-refractivity contribution in [3.8, 4) is 0 Å². The standard InChI is InChI=1S/C17H18Cl2N2O/c18-11-17(22)21-16-10-14(6-7-15(16)19)12-20-9-8-13-4-2-1-3-5-13/h1-7,10,20H,8-9,11-12H2,(H,21,22). The maximum absolute atomic E-state index is 11.3. The van der Waals surface area contributed by atoms with Crippen LogP contribution in [-0.4, -0.2) is 18.3 Å². The summed E-state index contributed by atoms with van der Waals surface area (Å²) in [5.41, 5.74) is 2.96. The molecule has 1 amide bonds. The van der Waals surface area contributed by atoms with E-state index in [1.807, 2.05) is 30.3 Å². The lowest BCUT2D eigenvalue weighted by Gasteiger charge is -2.10. The predicted octanol–water partition coefficient (Wildman–Crippen LogP) is 3.85. The number of amides is 1. The van der Waals surface area contributed by atoms with Gasteiger partial charge in [0.2, 0.25) is 5.91 Å². The van der Waals surface area contributed by atoms with E-state index in [-0.39, 0.29) is 11.8 Å². The first-order chi connectivity index (χ1) is 10.7. The van der Waals surface area contributed by atoms with Crippen LogP contribution in [0.4, 0.5) is 5.69 Å². The highest BCUT2D eigenvalue weighted by atomic mass is 35.5. The molecular formula is C17H18Cl2N2O. The van der Waals surface area contributed by atoms with Gasteiger partial charge in [0.15, 0.2) is 0 Å². The molecule has 5 heteroatoms. The van der Waals surface area contributed by atoms with Gasteiger partial charge in [-0.3, -0.25) is 4.79 Å². The van der Waals surface area contributed by atoms with Crippen LogP contribution in [0.3, 0.4) is 0 Å². The Bertz CT molecular complexity index is 617. The van der Waals surface area contributed by atoms with E-state index in [2.05, 4.69) is 22.8 Å². The molecule has 116 valence electrons. The highest BCUT2D eigenvalue weighted by Crippen LogP contribution is 2.23. The molecule has 0 radical (unpaired) electrons. The van der Waals surface area contributed by atoms with E-state index in [0.29, 0.717) is 17.3 Å². The number of nitrogens with one attached hydrogen (secondary N) is 2. The van der Waals surface area contributed by atoms with E-state index in [0.717, 1.165) is 18.5 Å². The maximum atomic E-state index is 11.3. The summed E-state index contributed by atoms with van der Waals surface area (Å²) in [5, 5.41) is 6.57. The van der Waals surface area contributed by atoms with Crippen molar-refractivity contribution < 1.29 is 4.79 Å². The summed E-state index contributed by atoms with van der Waals surface area (Å²) in [7, 11) is 0. The molecule has 0 heterocycles. The molecular weight excluding hydrogens is 319 g/mol. The normalized spacial score (nSPS) is 10.5. The van der Waals surface area contributed by atoms with Crippen molar-refractivity contribution in [2.24, 2.45) is 0 Å². The monoisotopic (exact) mass is 336 g/mol. The van der Waals surface area contributed by atoms with Gasteiger partial charge in [0.1, 0.15) is 5.88 Å². The van der Waals surface area contributed by atoms with Crippen molar-refractivity contribution in [2.75, 3.05) is 17.7 Å². The summed E-state index contributed by atoms with van der Waals surface area (Å²) < 4.78 is 0. The van der Waals surface area contributed by atoms with Crippen LogP contribution in [0.2, 0.25) is 5.02 Å². The number of anilines is 1. The van der Waals surface area contributed by atoms with Gasteiger partial charge in [0.05, 0.1) is 10.7 Å². The summed E-state index contributed by atoms with van der Waals surface area (Å²) in [5.74, 6) is -0.353. The highest BCUT2D eigenvalue weighted by molar-refractivity contribution is 6.34. The van der Waals surface area contributed by atoms with Crippen LogP contribution in [0.25, 0.3) is 0 Å². The molecule has 0 aromatic heterocycles. The van der Waals surface area contributed by atoms with Crippen molar-refractivity contribution in [2.45, 2.75) is 13.0 Å². The fraction of sp³-hybridized carbons (Fsp3) is 0.235. The summed E-state index contributed by atoms with van der Waals surface area (Å²) in [6.45, 7) is 1.60. The zero-order chi connectivity index (χ0) is 15.8. The third-order valence-corrected chi connectivity index (χ3v) is 3.76. The average Bonchev–Trinajstić information content (AvgIpc) is 2.55. The molecule has 2 N–H and O–H groups in total. The first kappa shape index (κ1) is 16.8. The molecule has 3 nitrogen and oxygen atoms in total. The third kappa shape index (κ3) is 5.34. The van der Waals surface area contributed by atoms with Crippen LogP contribution < -0.4 is 10.6 Å². The molecule has 0 aliphatic rings. The van der Waals surface area contributed by atoms with Crippen molar-refractivity contribution in [3.05, 3.63) is 64.7 Å². The minimum Gasteiger partial charge on any atom is -0.324 e. The molecule has 0 unspecified atom stereocenters. The van der Waals surface area contributed by atoms with Crippen molar-refractivity contribution >= 4 is 34.8 Å². The molecule has 0 spiro atoms. The Hall–Kier alpha value is -1.55. The fourth-order valence-electron chi connectivity index (χ4n) is 2.07. The Morgan fingerprint density at radius 1 is 1.05 bits per heavy atom. The first-order valence-corrected chi connectivity index (χ1v) is 7.99. The maximum Gasteiger partial charge on any atom is 0.239 e. The molecule has 0 bridgehead atoms. The second kappa shape index (κ2) is 8.79. The molecule has 0 atom stereocenters. The molecule has 0 saturated heterocycles. The second-order valence-electron chi connectivity index (χ2n) is 4.91. The SMILES string of the molecule is O=C(CCl)Nc1cc(CNCCc2ccccc2)ccc1Cl. The van der Waals surface area contributed by atoms with Crippen molar-refractivity contribution in [1.29, 1.82) is 0 Å². The number of hydrogen-bond acceptors (Lipinski definition) is 2. The Morgan fingerprint density at radius 2 is 1.82 bits per heavy atom. The number of benzene rings is 2. The van der Waals surface area contributed by atoms with Gasteiger partial charge in [-0.1, -0.05) is 48.0 Å². The lowest BCUT2D eigenvalue weighted by molar-refractivity contribution is -0.113. The van der Waals surface area contributed by atoms with Gasteiger partial charge >= 0.3 is 0 Å². The van der Waals surface area contributed by atoms with Crippen LogP contribution in [0.5, 0.6) is 0 Å². The number of alkyl halides is 1. The smallest absolute Gasteiger partial charge is 0.239 e. The number of halogens is 2. The molecule has 0 aliphatic heterocycles. The third-order valence-electron chi connectivity index (χ3n) is 3.19. The van der Waals surface area contributed by atoms with E-state index in [9.17, 15) is 4.79 Å². The van der Waals surface area contributed by atoms with E-state index >= 15 is 0 Å². The van der Waals surface area contributed by atoms with Gasteiger partial charge < -0.3 is 10.6 Å². The number of carbonyl (C=O) groups is 1. The largest absolute Gasteiger partial charge is 0.324 e. The van der Waals surface area contributed by atoms with Crippen LogP contribution in [0.1, 0.15) is 11.1 Å². The van der Waals surface area contributed by atoms with Crippen LogP contribution in [0, 0.1) is 0 Å². The van der Waals surface area contributed by atoms with Gasteiger partial charge in [-0.05, 0) is 36.2 Å². The first-order valence-electron chi connectivity index (χ1n) is 7.08. The number of rotatable bonds is 7. The van der Waals surface area contributed by atoms with Gasteiger partial charge in [0, 0.05) is 6.54 Å². The number of hydrogen-bond donors (Lipinski definition) is 2. The van der Waals surface area contributed by atoms with E-state index in [1.54, 1.807) is 6.07 Å². The Balaban J connectivity index is 1.85. The summed E-state index contributed by atoms with van der Waals surface area (Å²) in [6, 6.07) is 15.9. The number of carbonyl (C=O) groups excluding carboxylic acids is 1. The van der Waals surface area contributed by atoms with Gasteiger partial charge in [0.25, 0.3) is 0 Å². The minimum atomic E-state index is -0.266. The molecule has 2 rings (SSSR count). The van der Waals surface area contributed by atoms with E-state index < -0.39 is 0 Å². The zero-order valence-electron chi connectivity index (χ0n) is 12.1. The molecule has 22 heavy (non-hydrogen) atoms.